The smallest absolute Gasteiger partial charge is 0.0233 e. The molecule has 3 nitrogen and oxygen atoms in total. The quantitative estimate of drug-likeness (QED) is 0.716. The molecule has 14 heavy (non-hydrogen) atoms. The van der Waals surface area contributed by atoms with E-state index in [0.717, 1.165) is 25.2 Å². The fourth-order valence-corrected chi connectivity index (χ4v) is 2.18. The molecule has 0 aliphatic carbocycles. The number of nitrogens with one attached hydrogen (secondary N) is 1. The molecule has 1 N–H and O–H groups in total. The summed E-state index contributed by atoms with van der Waals surface area (Å²) < 4.78 is 0. The highest BCUT2D eigenvalue weighted by atomic mass is 15.2. The van der Waals surface area contributed by atoms with Crippen molar-refractivity contribution in [3.63, 3.8) is 0 Å². The Morgan fingerprint density at radius 1 is 1.50 bits per heavy atom. The van der Waals surface area contributed by atoms with E-state index >= 15 is 0 Å². The van der Waals surface area contributed by atoms with E-state index in [-0.39, 0.29) is 0 Å². The average Bonchev–Trinajstić information content (AvgIpc) is 2.16. The van der Waals surface area contributed by atoms with Crippen LogP contribution in [0.15, 0.2) is 0 Å². The van der Waals surface area contributed by atoms with Gasteiger partial charge in [0.1, 0.15) is 0 Å². The monoisotopic (exact) mass is 199 g/mol. The summed E-state index contributed by atoms with van der Waals surface area (Å²) >= 11 is 0. The largest absolute Gasteiger partial charge is 0.314 e. The molecule has 2 atom stereocenters. The van der Waals surface area contributed by atoms with Crippen LogP contribution in [0.25, 0.3) is 0 Å². The van der Waals surface area contributed by atoms with Crippen LogP contribution in [0.5, 0.6) is 0 Å². The highest BCUT2D eigenvalue weighted by Gasteiger charge is 2.22. The molecule has 1 aliphatic heterocycles. The van der Waals surface area contributed by atoms with Gasteiger partial charge < -0.3 is 15.1 Å². The van der Waals surface area contributed by atoms with E-state index in [1.807, 2.05) is 0 Å². The maximum Gasteiger partial charge on any atom is 0.0233 e. The maximum atomic E-state index is 3.47. The number of hydrogen-bond donors (Lipinski definition) is 1. The number of piperazine rings is 1. The van der Waals surface area contributed by atoms with E-state index in [9.17, 15) is 0 Å². The zero-order valence-corrected chi connectivity index (χ0v) is 10.1. The normalized spacial score (nSPS) is 26.8. The number of rotatable bonds is 4. The summed E-state index contributed by atoms with van der Waals surface area (Å²) in [4.78, 5) is 4.84. The van der Waals surface area contributed by atoms with E-state index in [1.54, 1.807) is 0 Å². The minimum atomic E-state index is 0.719. The van der Waals surface area contributed by atoms with Crippen LogP contribution in [0, 0.1) is 0 Å². The fraction of sp³-hybridized carbons (Fsp3) is 1.00. The highest BCUT2D eigenvalue weighted by molar-refractivity contribution is 4.81. The molecule has 0 saturated carbocycles. The molecule has 0 aromatic carbocycles. The van der Waals surface area contributed by atoms with Crippen LogP contribution >= 0.6 is 0 Å². The summed E-state index contributed by atoms with van der Waals surface area (Å²) in [6, 6.07) is 1.44. The Hall–Kier alpha value is -0.120. The highest BCUT2D eigenvalue weighted by Crippen LogP contribution is 2.12. The van der Waals surface area contributed by atoms with Gasteiger partial charge in [-0.25, -0.2) is 0 Å². The van der Waals surface area contributed by atoms with Gasteiger partial charge in [-0.05, 0) is 34.0 Å². The molecule has 1 fully saturated rings. The van der Waals surface area contributed by atoms with Crippen molar-refractivity contribution in [3.8, 4) is 0 Å². The third-order valence-corrected chi connectivity index (χ3v) is 3.39. The van der Waals surface area contributed by atoms with Gasteiger partial charge in [-0.1, -0.05) is 6.92 Å². The van der Waals surface area contributed by atoms with E-state index < -0.39 is 0 Å². The number of nitrogens with zero attached hydrogens (tertiary/aromatic N) is 2. The first kappa shape index (κ1) is 12.0. The second-order valence-electron chi connectivity index (χ2n) is 4.60. The van der Waals surface area contributed by atoms with Crippen LogP contribution in [0.2, 0.25) is 0 Å². The Balaban J connectivity index is 2.39. The van der Waals surface area contributed by atoms with Crippen LogP contribution in [0.1, 0.15) is 19.8 Å². The minimum Gasteiger partial charge on any atom is -0.314 e. The lowest BCUT2D eigenvalue weighted by atomic mass is 10.0. The molecule has 2 unspecified atom stereocenters. The summed E-state index contributed by atoms with van der Waals surface area (Å²) in [5.41, 5.74) is 0. The first-order chi connectivity index (χ1) is 6.65. The average molecular weight is 199 g/mol. The molecule has 0 aromatic heterocycles. The lowest BCUT2D eigenvalue weighted by molar-refractivity contribution is 0.147. The second kappa shape index (κ2) is 5.69. The van der Waals surface area contributed by atoms with Gasteiger partial charge in [0.2, 0.25) is 0 Å². The molecule has 3 heteroatoms. The first-order valence-corrected chi connectivity index (χ1v) is 5.72. The van der Waals surface area contributed by atoms with Crippen molar-refractivity contribution in [2.45, 2.75) is 31.8 Å². The molecule has 0 spiro atoms. The summed E-state index contributed by atoms with van der Waals surface area (Å²) in [5, 5.41) is 3.47. The van der Waals surface area contributed by atoms with E-state index in [2.05, 4.69) is 43.2 Å². The Morgan fingerprint density at radius 3 is 2.71 bits per heavy atom. The molecule has 1 saturated heterocycles. The minimum absolute atomic E-state index is 0.719. The van der Waals surface area contributed by atoms with Crippen molar-refractivity contribution in [2.24, 2.45) is 0 Å². The van der Waals surface area contributed by atoms with Crippen molar-refractivity contribution in [1.82, 2.24) is 15.1 Å². The van der Waals surface area contributed by atoms with Crippen LogP contribution < -0.4 is 5.32 Å². The van der Waals surface area contributed by atoms with Crippen molar-refractivity contribution in [1.29, 1.82) is 0 Å². The lowest BCUT2D eigenvalue weighted by Gasteiger charge is -2.36. The van der Waals surface area contributed by atoms with Gasteiger partial charge in [0.05, 0.1) is 0 Å². The van der Waals surface area contributed by atoms with Gasteiger partial charge in [0, 0.05) is 31.7 Å². The van der Waals surface area contributed by atoms with Gasteiger partial charge in [0.15, 0.2) is 0 Å². The molecular weight excluding hydrogens is 174 g/mol. The van der Waals surface area contributed by atoms with Crippen molar-refractivity contribution in [2.75, 3.05) is 40.8 Å². The Labute approximate surface area is 88.5 Å². The predicted octanol–water partition coefficient (Wildman–Crippen LogP) is 0.620. The maximum absolute atomic E-state index is 3.47. The Bertz CT molecular complexity index is 159. The van der Waals surface area contributed by atoms with E-state index in [1.165, 1.54) is 19.4 Å². The third kappa shape index (κ3) is 3.23. The Kier molecular flexibility index (Phi) is 4.85. The van der Waals surface area contributed by atoms with Crippen LogP contribution in [0.3, 0.4) is 0 Å². The number of hydrogen-bond acceptors (Lipinski definition) is 3. The molecule has 0 amide bonds. The topological polar surface area (TPSA) is 18.5 Å². The molecule has 84 valence electrons. The fourth-order valence-electron chi connectivity index (χ4n) is 2.18. The van der Waals surface area contributed by atoms with Crippen LogP contribution in [0.4, 0.5) is 0 Å². The van der Waals surface area contributed by atoms with Crippen LogP contribution in [-0.4, -0.2) is 62.7 Å². The van der Waals surface area contributed by atoms with Gasteiger partial charge in [0.25, 0.3) is 0 Å². The molecule has 1 rings (SSSR count). The Morgan fingerprint density at radius 2 is 2.21 bits per heavy atom. The summed E-state index contributed by atoms with van der Waals surface area (Å²) in [7, 11) is 6.61. The lowest BCUT2D eigenvalue weighted by Crippen LogP contribution is -2.51. The molecule has 1 heterocycles. The van der Waals surface area contributed by atoms with Gasteiger partial charge in [-0.3, -0.25) is 0 Å². The van der Waals surface area contributed by atoms with Crippen molar-refractivity contribution < 1.29 is 0 Å². The van der Waals surface area contributed by atoms with Crippen molar-refractivity contribution in [3.05, 3.63) is 0 Å². The van der Waals surface area contributed by atoms with Gasteiger partial charge >= 0.3 is 0 Å². The predicted molar refractivity (Wildman–Crippen MR) is 61.7 cm³/mol. The zero-order valence-electron chi connectivity index (χ0n) is 10.1. The van der Waals surface area contributed by atoms with Crippen molar-refractivity contribution >= 4 is 0 Å². The standard InChI is InChI=1S/C11H25N3/c1-5-10(13(2)3)8-11-9-12-6-7-14(11)4/h10-12H,5-9H2,1-4H3. The SMILES string of the molecule is CCC(CC1CNCCN1C)N(C)C. The molecule has 0 aromatic rings. The zero-order chi connectivity index (χ0) is 10.6. The summed E-state index contributed by atoms with van der Waals surface area (Å²) in [6.45, 7) is 5.77. The molecule has 0 bridgehead atoms. The van der Waals surface area contributed by atoms with E-state index in [0.29, 0.717) is 0 Å². The van der Waals surface area contributed by atoms with E-state index in [4.69, 9.17) is 0 Å². The summed E-state index contributed by atoms with van der Waals surface area (Å²) in [5.74, 6) is 0. The molecular formula is C11H25N3. The van der Waals surface area contributed by atoms with Crippen LogP contribution in [-0.2, 0) is 0 Å². The first-order valence-electron chi connectivity index (χ1n) is 5.72. The second-order valence-corrected chi connectivity index (χ2v) is 4.60. The van der Waals surface area contributed by atoms with Gasteiger partial charge in [-0.2, -0.15) is 0 Å². The van der Waals surface area contributed by atoms with Gasteiger partial charge in [-0.15, -0.1) is 0 Å². The molecule has 0 radical (unpaired) electrons. The third-order valence-electron chi connectivity index (χ3n) is 3.39. The summed E-state index contributed by atoms with van der Waals surface area (Å²) in [6.07, 6.45) is 2.53. The molecule has 1 aliphatic rings. The number of likely N-dealkylation sites (N-methyl/N-ethyl adjacent to an activating group) is 1.